The van der Waals surface area contributed by atoms with Gasteiger partial charge in [-0.25, -0.2) is 13.8 Å². The normalized spacial score (nSPS) is 14.4. The van der Waals surface area contributed by atoms with Gasteiger partial charge in [-0.15, -0.1) is 0 Å². The Labute approximate surface area is 154 Å². The Bertz CT molecular complexity index is 1000. The first-order chi connectivity index (χ1) is 13.1. The van der Waals surface area contributed by atoms with Crippen LogP contribution in [0.25, 0.3) is 10.9 Å². The minimum Gasteiger partial charge on any atom is -0.378 e. The maximum Gasteiger partial charge on any atom is 0.255 e. The lowest BCUT2D eigenvalue weighted by atomic mass is 10.1. The van der Waals surface area contributed by atoms with Gasteiger partial charge in [0, 0.05) is 29.7 Å². The Morgan fingerprint density at radius 3 is 2.67 bits per heavy atom. The molecule has 0 aliphatic carbocycles. The number of morpholine rings is 1. The van der Waals surface area contributed by atoms with E-state index in [0.29, 0.717) is 37.5 Å². The van der Waals surface area contributed by atoms with Gasteiger partial charge in [-0.1, -0.05) is 6.07 Å². The molecular weight excluding hydrogens is 352 g/mol. The first-order valence-electron chi connectivity index (χ1n) is 8.60. The van der Waals surface area contributed by atoms with Gasteiger partial charge in [0.15, 0.2) is 5.82 Å². The summed E-state index contributed by atoms with van der Waals surface area (Å²) in [6.07, 6.45) is 0. The summed E-state index contributed by atoms with van der Waals surface area (Å²) in [6, 6.07) is 11.8. The molecule has 3 aromatic rings. The minimum atomic E-state index is -0.530. The molecule has 2 aromatic carbocycles. The van der Waals surface area contributed by atoms with Crippen LogP contribution in [-0.2, 0) is 4.74 Å². The molecule has 5 nitrogen and oxygen atoms in total. The molecule has 1 fully saturated rings. The van der Waals surface area contributed by atoms with E-state index >= 15 is 0 Å². The van der Waals surface area contributed by atoms with Gasteiger partial charge < -0.3 is 15.0 Å². The average molecular weight is 369 g/mol. The molecule has 0 unspecified atom stereocenters. The van der Waals surface area contributed by atoms with Crippen LogP contribution in [0.15, 0.2) is 48.5 Å². The van der Waals surface area contributed by atoms with Gasteiger partial charge in [-0.3, -0.25) is 4.79 Å². The number of carbonyl (C=O) groups is 1. The Balaban J connectivity index is 1.60. The quantitative estimate of drug-likeness (QED) is 0.766. The van der Waals surface area contributed by atoms with Crippen molar-refractivity contribution in [2.45, 2.75) is 0 Å². The number of halogens is 2. The number of fused-ring (bicyclic) bond motifs is 1. The monoisotopic (exact) mass is 369 g/mol. The summed E-state index contributed by atoms with van der Waals surface area (Å²) in [6.45, 7) is 2.66. The predicted molar refractivity (Wildman–Crippen MR) is 99.1 cm³/mol. The summed E-state index contributed by atoms with van der Waals surface area (Å²) >= 11 is 0. The highest BCUT2D eigenvalue weighted by Crippen LogP contribution is 2.25. The van der Waals surface area contributed by atoms with Gasteiger partial charge in [-0.2, -0.15) is 0 Å². The second-order valence-corrected chi connectivity index (χ2v) is 6.26. The number of nitrogens with one attached hydrogen (secondary N) is 1. The molecule has 0 saturated carbocycles. The zero-order valence-electron chi connectivity index (χ0n) is 14.4. The molecule has 1 aliphatic heterocycles. The molecule has 138 valence electrons. The van der Waals surface area contributed by atoms with Gasteiger partial charge in [0.25, 0.3) is 5.91 Å². The molecule has 0 bridgehead atoms. The first-order valence-corrected chi connectivity index (χ1v) is 8.60. The van der Waals surface area contributed by atoms with Gasteiger partial charge >= 0.3 is 0 Å². The van der Waals surface area contributed by atoms with Crippen LogP contribution >= 0.6 is 0 Å². The van der Waals surface area contributed by atoms with Crippen molar-refractivity contribution in [3.8, 4) is 0 Å². The number of aromatic nitrogens is 1. The van der Waals surface area contributed by atoms with E-state index in [0.717, 1.165) is 6.07 Å². The molecule has 0 atom stereocenters. The predicted octanol–water partition coefficient (Wildman–Crippen LogP) is 3.60. The van der Waals surface area contributed by atoms with Gasteiger partial charge in [0.05, 0.1) is 13.2 Å². The van der Waals surface area contributed by atoms with Crippen molar-refractivity contribution >= 4 is 28.3 Å². The Kier molecular flexibility index (Phi) is 4.68. The van der Waals surface area contributed by atoms with E-state index in [1.165, 1.54) is 24.3 Å². The molecule has 0 radical (unpaired) electrons. The van der Waals surface area contributed by atoms with Crippen LogP contribution in [0.2, 0.25) is 0 Å². The molecule has 0 spiro atoms. The third-order valence-electron chi connectivity index (χ3n) is 4.41. The molecule has 1 aromatic heterocycles. The maximum atomic E-state index is 14.6. The summed E-state index contributed by atoms with van der Waals surface area (Å²) in [5.74, 6) is -0.850. The van der Waals surface area contributed by atoms with E-state index < -0.39 is 17.5 Å². The van der Waals surface area contributed by atoms with Gasteiger partial charge in [0.2, 0.25) is 0 Å². The molecule has 27 heavy (non-hydrogen) atoms. The van der Waals surface area contributed by atoms with Crippen LogP contribution in [0.1, 0.15) is 10.4 Å². The van der Waals surface area contributed by atoms with Crippen LogP contribution in [0, 0.1) is 11.6 Å². The highest BCUT2D eigenvalue weighted by Gasteiger charge is 2.15. The van der Waals surface area contributed by atoms with E-state index in [-0.39, 0.29) is 16.8 Å². The molecule has 1 amide bonds. The molecule has 1 N–H and O–H groups in total. The standard InChI is InChI=1S/C20H17F2N3O2/c21-15-3-1-2-14(10-15)20(26)23-16-11-13-4-5-18(24-19(13)17(22)12-16)25-6-8-27-9-7-25/h1-5,10-12H,6-9H2,(H,23,26). The van der Waals surface area contributed by atoms with Crippen LogP contribution in [0.4, 0.5) is 20.3 Å². The minimum absolute atomic E-state index is 0.163. The number of hydrogen-bond acceptors (Lipinski definition) is 4. The smallest absolute Gasteiger partial charge is 0.255 e. The van der Waals surface area contributed by atoms with Crippen molar-refractivity contribution in [3.05, 3.63) is 65.7 Å². The maximum absolute atomic E-state index is 14.6. The van der Waals surface area contributed by atoms with E-state index in [4.69, 9.17) is 4.74 Å². The van der Waals surface area contributed by atoms with Crippen molar-refractivity contribution in [2.75, 3.05) is 36.5 Å². The highest BCUT2D eigenvalue weighted by molar-refractivity contribution is 6.05. The summed E-state index contributed by atoms with van der Waals surface area (Å²) in [5.41, 5.74) is 0.689. The van der Waals surface area contributed by atoms with Crippen LogP contribution < -0.4 is 10.2 Å². The zero-order valence-corrected chi connectivity index (χ0v) is 14.4. The third kappa shape index (κ3) is 3.73. The second-order valence-electron chi connectivity index (χ2n) is 6.26. The van der Waals surface area contributed by atoms with Crippen molar-refractivity contribution < 1.29 is 18.3 Å². The van der Waals surface area contributed by atoms with Crippen LogP contribution in [0.5, 0.6) is 0 Å². The van der Waals surface area contributed by atoms with E-state index in [2.05, 4.69) is 10.3 Å². The van der Waals surface area contributed by atoms with Crippen molar-refractivity contribution in [3.63, 3.8) is 0 Å². The van der Waals surface area contributed by atoms with Crippen molar-refractivity contribution in [2.24, 2.45) is 0 Å². The number of benzene rings is 2. The van der Waals surface area contributed by atoms with Gasteiger partial charge in [0.1, 0.15) is 17.2 Å². The largest absolute Gasteiger partial charge is 0.378 e. The number of carbonyl (C=O) groups excluding carboxylic acids is 1. The summed E-state index contributed by atoms with van der Waals surface area (Å²) < 4.78 is 33.2. The molecular formula is C20H17F2N3O2. The number of rotatable bonds is 3. The Morgan fingerprint density at radius 2 is 1.89 bits per heavy atom. The highest BCUT2D eigenvalue weighted by atomic mass is 19.1. The third-order valence-corrected chi connectivity index (χ3v) is 4.41. The Hall–Kier alpha value is -3.06. The fourth-order valence-electron chi connectivity index (χ4n) is 3.06. The first kappa shape index (κ1) is 17.4. The molecule has 1 saturated heterocycles. The fraction of sp³-hybridized carbons (Fsp3) is 0.200. The summed E-state index contributed by atoms with van der Waals surface area (Å²) in [5, 5.41) is 3.17. The van der Waals surface area contributed by atoms with Crippen molar-refractivity contribution in [1.82, 2.24) is 4.98 Å². The summed E-state index contributed by atoms with van der Waals surface area (Å²) in [4.78, 5) is 18.7. The topological polar surface area (TPSA) is 54.5 Å². The molecule has 7 heteroatoms. The second kappa shape index (κ2) is 7.28. The fourth-order valence-corrected chi connectivity index (χ4v) is 3.06. The van der Waals surface area contributed by atoms with Gasteiger partial charge in [-0.05, 0) is 42.5 Å². The number of hydrogen-bond donors (Lipinski definition) is 1. The number of ether oxygens (including phenoxy) is 1. The van der Waals surface area contributed by atoms with E-state index in [1.807, 2.05) is 11.0 Å². The number of anilines is 2. The number of amides is 1. The molecule has 1 aliphatic rings. The number of nitrogens with zero attached hydrogens (tertiary/aromatic N) is 2. The lowest BCUT2D eigenvalue weighted by molar-refractivity contribution is 0.102. The zero-order chi connectivity index (χ0) is 18.8. The molecule has 4 rings (SSSR count). The molecule has 2 heterocycles. The SMILES string of the molecule is O=C(Nc1cc(F)c2nc(N3CCOCC3)ccc2c1)c1cccc(F)c1. The van der Waals surface area contributed by atoms with Crippen LogP contribution in [-0.4, -0.2) is 37.2 Å². The van der Waals surface area contributed by atoms with E-state index in [1.54, 1.807) is 12.1 Å². The van der Waals surface area contributed by atoms with Crippen molar-refractivity contribution in [1.29, 1.82) is 0 Å². The van der Waals surface area contributed by atoms with E-state index in [9.17, 15) is 13.6 Å². The lowest BCUT2D eigenvalue weighted by Crippen LogP contribution is -2.36. The average Bonchev–Trinajstić information content (AvgIpc) is 2.68. The Morgan fingerprint density at radius 1 is 1.07 bits per heavy atom. The van der Waals surface area contributed by atoms with Crippen LogP contribution in [0.3, 0.4) is 0 Å². The summed E-state index contributed by atoms with van der Waals surface area (Å²) in [7, 11) is 0. The lowest BCUT2D eigenvalue weighted by Gasteiger charge is -2.28. The number of pyridine rings is 1.